The Labute approximate surface area is 135 Å². The van der Waals surface area contributed by atoms with Gasteiger partial charge in [0.05, 0.1) is 12.1 Å². The zero-order valence-corrected chi connectivity index (χ0v) is 12.9. The Morgan fingerprint density at radius 3 is 2.57 bits per heavy atom. The summed E-state index contributed by atoms with van der Waals surface area (Å²) in [4.78, 5) is 31.6. The fraction of sp³-hybridized carbons (Fsp3) is 0.222. The van der Waals surface area contributed by atoms with Crippen molar-refractivity contribution >= 4 is 11.7 Å². The van der Waals surface area contributed by atoms with Crippen LogP contribution in [0.2, 0.25) is 0 Å². The second kappa shape index (κ2) is 8.58. The minimum atomic E-state index is -0.616. The molecule has 0 spiro atoms. The molecular formula is C18H19N3O2. The molecule has 1 aromatic heterocycles. The summed E-state index contributed by atoms with van der Waals surface area (Å²) in [5.41, 5.74) is 2.65. The lowest BCUT2D eigenvalue weighted by Gasteiger charge is -2.04. The number of hydrogen-bond acceptors (Lipinski definition) is 4. The molecule has 0 atom stereocenters. The van der Waals surface area contributed by atoms with Crippen molar-refractivity contribution in [2.24, 2.45) is 0 Å². The van der Waals surface area contributed by atoms with E-state index in [-0.39, 0.29) is 13.0 Å². The molecule has 0 unspecified atom stereocenters. The number of ketones is 1. The molecule has 0 bridgehead atoms. The summed E-state index contributed by atoms with van der Waals surface area (Å²) in [7, 11) is 0. The lowest BCUT2D eigenvalue weighted by molar-refractivity contribution is -0.137. The number of aromatic nitrogens is 2. The van der Waals surface area contributed by atoms with Gasteiger partial charge in [0.1, 0.15) is 6.33 Å². The fourth-order valence-electron chi connectivity index (χ4n) is 2.10. The number of Topliss-reactive ketones (excluding diaryl/α,β-unsaturated/α-hetero) is 1. The monoisotopic (exact) mass is 309 g/mol. The molecule has 2 rings (SSSR count). The first-order valence-corrected chi connectivity index (χ1v) is 7.44. The van der Waals surface area contributed by atoms with Gasteiger partial charge in [0, 0.05) is 12.2 Å². The Hall–Kier alpha value is -2.82. The van der Waals surface area contributed by atoms with Crippen molar-refractivity contribution < 1.29 is 9.59 Å². The summed E-state index contributed by atoms with van der Waals surface area (Å²) in [6.45, 7) is 3.76. The molecule has 0 saturated carbocycles. The highest BCUT2D eigenvalue weighted by atomic mass is 16.2. The first kappa shape index (κ1) is 16.5. The van der Waals surface area contributed by atoms with Gasteiger partial charge in [-0.3, -0.25) is 9.59 Å². The van der Waals surface area contributed by atoms with Crippen molar-refractivity contribution in [2.75, 3.05) is 6.54 Å². The number of rotatable bonds is 8. The highest BCUT2D eigenvalue weighted by molar-refractivity contribution is 6.36. The third kappa shape index (κ3) is 5.47. The molecule has 0 aliphatic carbocycles. The highest BCUT2D eigenvalue weighted by Gasteiger charge is 2.14. The molecule has 2 aromatic rings. The molecule has 1 heterocycles. The number of nitrogens with one attached hydrogen (secondary N) is 1. The summed E-state index contributed by atoms with van der Waals surface area (Å²) in [5, 5.41) is 2.46. The van der Waals surface area contributed by atoms with Gasteiger partial charge in [-0.2, -0.15) is 0 Å². The number of aryl methyl sites for hydroxylation is 2. The van der Waals surface area contributed by atoms with Gasteiger partial charge in [0.15, 0.2) is 0 Å². The average molecular weight is 309 g/mol. The van der Waals surface area contributed by atoms with Gasteiger partial charge in [-0.15, -0.1) is 6.58 Å². The van der Waals surface area contributed by atoms with Crippen LogP contribution in [0.4, 0.5) is 0 Å². The average Bonchev–Trinajstić information content (AvgIpc) is 2.59. The topological polar surface area (TPSA) is 72.0 Å². The molecule has 1 amide bonds. The number of hydrogen-bond donors (Lipinski definition) is 1. The fourth-order valence-corrected chi connectivity index (χ4v) is 2.10. The Morgan fingerprint density at radius 2 is 1.83 bits per heavy atom. The number of carbonyl (C=O) groups excluding carboxylic acids is 2. The molecule has 23 heavy (non-hydrogen) atoms. The summed E-state index contributed by atoms with van der Waals surface area (Å²) < 4.78 is 0. The van der Waals surface area contributed by atoms with E-state index in [0.29, 0.717) is 5.69 Å². The molecule has 1 aromatic carbocycles. The zero-order valence-electron chi connectivity index (χ0n) is 12.9. The van der Waals surface area contributed by atoms with Crippen molar-refractivity contribution in [1.29, 1.82) is 0 Å². The Morgan fingerprint density at radius 1 is 1.09 bits per heavy atom. The molecular weight excluding hydrogens is 290 g/mol. The smallest absolute Gasteiger partial charge is 0.288 e. The van der Waals surface area contributed by atoms with Crippen LogP contribution in [0.25, 0.3) is 0 Å². The van der Waals surface area contributed by atoms with E-state index in [1.807, 2.05) is 18.2 Å². The van der Waals surface area contributed by atoms with E-state index >= 15 is 0 Å². The van der Waals surface area contributed by atoms with E-state index in [9.17, 15) is 9.59 Å². The van der Waals surface area contributed by atoms with Gasteiger partial charge in [-0.25, -0.2) is 9.97 Å². The first-order chi connectivity index (χ1) is 11.2. The highest BCUT2D eigenvalue weighted by Crippen LogP contribution is 2.06. The van der Waals surface area contributed by atoms with E-state index < -0.39 is 11.7 Å². The molecule has 5 heteroatoms. The van der Waals surface area contributed by atoms with Crippen LogP contribution in [0.15, 0.2) is 55.4 Å². The Balaban J connectivity index is 1.92. The van der Waals surface area contributed by atoms with Crippen LogP contribution in [0.3, 0.4) is 0 Å². The summed E-state index contributed by atoms with van der Waals surface area (Å²) in [6, 6.07) is 11.9. The lowest BCUT2D eigenvalue weighted by atomic mass is 10.1. The van der Waals surface area contributed by atoms with Gasteiger partial charge < -0.3 is 5.32 Å². The Kier molecular flexibility index (Phi) is 6.17. The summed E-state index contributed by atoms with van der Waals surface area (Å²) >= 11 is 0. The maximum absolute atomic E-state index is 11.8. The number of nitrogens with zero attached hydrogens (tertiary/aromatic N) is 2. The second-order valence-corrected chi connectivity index (χ2v) is 5.08. The van der Waals surface area contributed by atoms with E-state index in [1.165, 1.54) is 18.0 Å². The second-order valence-electron chi connectivity index (χ2n) is 5.08. The third-order valence-corrected chi connectivity index (χ3v) is 3.29. The largest absolute Gasteiger partial charge is 0.346 e. The van der Waals surface area contributed by atoms with Crippen LogP contribution in [0.1, 0.15) is 17.0 Å². The van der Waals surface area contributed by atoms with Gasteiger partial charge in [0.2, 0.25) is 5.78 Å². The SMILES string of the molecule is C=CCNC(=O)C(=O)Cc1cc(CCc2ccccc2)ncn1. The normalized spacial score (nSPS) is 10.1. The van der Waals surface area contributed by atoms with E-state index in [0.717, 1.165) is 18.5 Å². The van der Waals surface area contributed by atoms with Crippen LogP contribution >= 0.6 is 0 Å². The molecule has 0 radical (unpaired) electrons. The van der Waals surface area contributed by atoms with Crippen LogP contribution in [0.5, 0.6) is 0 Å². The molecule has 1 N–H and O–H groups in total. The van der Waals surface area contributed by atoms with Gasteiger partial charge in [-0.05, 0) is 24.5 Å². The Bertz CT molecular complexity index is 684. The van der Waals surface area contributed by atoms with Crippen molar-refractivity contribution in [1.82, 2.24) is 15.3 Å². The minimum Gasteiger partial charge on any atom is -0.346 e. The van der Waals surface area contributed by atoms with Crippen LogP contribution in [0, 0.1) is 0 Å². The third-order valence-electron chi connectivity index (χ3n) is 3.29. The van der Waals surface area contributed by atoms with Crippen LogP contribution in [-0.4, -0.2) is 28.2 Å². The summed E-state index contributed by atoms with van der Waals surface area (Å²) in [6.07, 6.45) is 4.56. The van der Waals surface area contributed by atoms with Crippen molar-refractivity contribution in [3.8, 4) is 0 Å². The van der Waals surface area contributed by atoms with Crippen LogP contribution < -0.4 is 5.32 Å². The van der Waals surface area contributed by atoms with Crippen molar-refractivity contribution in [3.63, 3.8) is 0 Å². The molecule has 0 saturated heterocycles. The summed E-state index contributed by atoms with van der Waals surface area (Å²) in [5.74, 6) is -1.13. The molecule has 0 fully saturated rings. The van der Waals surface area contributed by atoms with Crippen LogP contribution in [-0.2, 0) is 28.9 Å². The molecule has 5 nitrogen and oxygen atoms in total. The van der Waals surface area contributed by atoms with Crippen molar-refractivity contribution in [2.45, 2.75) is 19.3 Å². The predicted molar refractivity (Wildman–Crippen MR) is 87.8 cm³/mol. The van der Waals surface area contributed by atoms with E-state index in [4.69, 9.17) is 0 Å². The zero-order chi connectivity index (χ0) is 16.5. The number of benzene rings is 1. The van der Waals surface area contributed by atoms with Gasteiger partial charge >= 0.3 is 0 Å². The quantitative estimate of drug-likeness (QED) is 0.595. The first-order valence-electron chi connectivity index (χ1n) is 7.44. The van der Waals surface area contributed by atoms with Gasteiger partial charge in [0.25, 0.3) is 5.91 Å². The molecule has 0 aliphatic heterocycles. The number of carbonyl (C=O) groups is 2. The maximum atomic E-state index is 11.8. The van der Waals surface area contributed by atoms with E-state index in [1.54, 1.807) is 6.07 Å². The van der Waals surface area contributed by atoms with E-state index in [2.05, 4.69) is 34.0 Å². The van der Waals surface area contributed by atoms with Gasteiger partial charge in [-0.1, -0.05) is 36.4 Å². The molecule has 0 aliphatic rings. The van der Waals surface area contributed by atoms with Crippen molar-refractivity contribution in [3.05, 3.63) is 72.3 Å². The maximum Gasteiger partial charge on any atom is 0.288 e. The standard InChI is InChI=1S/C18H19N3O2/c1-2-10-19-18(23)17(22)12-16-11-15(20-13-21-16)9-8-14-6-4-3-5-7-14/h2-7,11,13H,1,8-10,12H2,(H,19,23). The predicted octanol–water partition coefficient (Wildman–Crippen LogP) is 1.68. The number of amides is 1. The molecule has 118 valence electrons. The lowest BCUT2D eigenvalue weighted by Crippen LogP contribution is -2.32. The minimum absolute atomic E-state index is 0.0240.